The largest absolute Gasteiger partial charge is 0.342 e. The molecule has 0 heterocycles. The van der Waals surface area contributed by atoms with Gasteiger partial charge >= 0.3 is 0 Å². The van der Waals surface area contributed by atoms with E-state index in [9.17, 15) is 13.2 Å². The van der Waals surface area contributed by atoms with Crippen LogP contribution in [0.3, 0.4) is 0 Å². The van der Waals surface area contributed by atoms with Crippen LogP contribution in [0.25, 0.3) is 5.57 Å². The molecule has 1 aliphatic rings. The van der Waals surface area contributed by atoms with Crippen LogP contribution in [0.2, 0.25) is 25.7 Å². The van der Waals surface area contributed by atoms with Crippen molar-refractivity contribution in [2.45, 2.75) is 61.7 Å². The average Bonchev–Trinajstić information content (AvgIpc) is 2.76. The minimum absolute atomic E-state index is 0.0861. The van der Waals surface area contributed by atoms with Crippen molar-refractivity contribution in [3.8, 4) is 6.07 Å². The Morgan fingerprint density at radius 2 is 1.91 bits per heavy atom. The highest BCUT2D eigenvalue weighted by molar-refractivity contribution is 8.15. The Kier molecular flexibility index (Phi) is 9.59. The molecule has 0 fully saturated rings. The fourth-order valence-corrected chi connectivity index (χ4v) is 10.7. The number of sulfone groups is 1. The number of hydrogen-bond acceptors (Lipinski definition) is 5. The number of nitriles is 1. The lowest BCUT2D eigenvalue weighted by Crippen LogP contribution is -2.43. The molecular formula is C25H36N2O3S2Si. The lowest BCUT2D eigenvalue weighted by atomic mass is 9.99. The van der Waals surface area contributed by atoms with Gasteiger partial charge in [0.2, 0.25) is 5.91 Å². The van der Waals surface area contributed by atoms with Crippen LogP contribution < -0.4 is 5.32 Å². The van der Waals surface area contributed by atoms with Crippen LogP contribution in [0.1, 0.15) is 32.3 Å². The van der Waals surface area contributed by atoms with Gasteiger partial charge in [-0.2, -0.15) is 5.26 Å². The molecule has 2 atom stereocenters. The summed E-state index contributed by atoms with van der Waals surface area (Å²) >= 11 is 1.23. The predicted molar refractivity (Wildman–Crippen MR) is 142 cm³/mol. The molecule has 0 saturated carbocycles. The van der Waals surface area contributed by atoms with Gasteiger partial charge in [-0.25, -0.2) is 8.42 Å². The fourth-order valence-electron chi connectivity index (χ4n) is 3.57. The smallest absolute Gasteiger partial charge is 0.234 e. The number of allylic oxidation sites excluding steroid dienone is 3. The average molecular weight is 505 g/mol. The fraction of sp³-hybridized carbons (Fsp3) is 0.520. The van der Waals surface area contributed by atoms with Gasteiger partial charge in [-0.3, -0.25) is 4.79 Å². The number of thioether (sulfide) groups is 1. The van der Waals surface area contributed by atoms with E-state index < -0.39 is 27.2 Å². The van der Waals surface area contributed by atoms with Crippen molar-refractivity contribution in [1.29, 1.82) is 5.26 Å². The first kappa shape index (κ1) is 27.4. The van der Waals surface area contributed by atoms with Gasteiger partial charge in [0, 0.05) is 13.8 Å². The van der Waals surface area contributed by atoms with E-state index in [4.69, 9.17) is 5.26 Å². The minimum atomic E-state index is -3.55. The first-order chi connectivity index (χ1) is 15.4. The van der Waals surface area contributed by atoms with Crippen molar-refractivity contribution in [2.24, 2.45) is 5.92 Å². The van der Waals surface area contributed by atoms with E-state index in [1.807, 2.05) is 62.4 Å². The Labute approximate surface area is 204 Å². The van der Waals surface area contributed by atoms with Crippen molar-refractivity contribution < 1.29 is 13.2 Å². The van der Waals surface area contributed by atoms with Crippen molar-refractivity contribution >= 4 is 41.2 Å². The van der Waals surface area contributed by atoms with E-state index >= 15 is 0 Å². The predicted octanol–water partition coefficient (Wildman–Crippen LogP) is 5.27. The van der Waals surface area contributed by atoms with Crippen molar-refractivity contribution in [3.63, 3.8) is 0 Å². The molecule has 1 aromatic carbocycles. The van der Waals surface area contributed by atoms with Crippen LogP contribution >= 0.6 is 11.8 Å². The van der Waals surface area contributed by atoms with Gasteiger partial charge in [-0.1, -0.05) is 82.0 Å². The summed E-state index contributed by atoms with van der Waals surface area (Å²) in [6, 6.07) is 12.5. The Balaban J connectivity index is 2.42. The third-order valence-electron chi connectivity index (χ3n) is 5.54. The molecule has 5 nitrogen and oxygen atoms in total. The summed E-state index contributed by atoms with van der Waals surface area (Å²) in [4.78, 5) is 12.9. The van der Waals surface area contributed by atoms with E-state index in [1.165, 1.54) is 11.8 Å². The second-order valence-electron chi connectivity index (χ2n) is 10.1. The molecule has 0 radical (unpaired) electrons. The molecule has 1 aromatic rings. The number of carbonyl (C=O) groups excluding carboxylic acids is 1. The lowest BCUT2D eigenvalue weighted by Gasteiger charge is -2.35. The van der Waals surface area contributed by atoms with Gasteiger partial charge in [0.05, 0.1) is 11.3 Å². The molecule has 2 unspecified atom stereocenters. The summed E-state index contributed by atoms with van der Waals surface area (Å²) in [6.45, 7) is 10.5. The Hall–Kier alpha value is -1.82. The quantitative estimate of drug-likeness (QED) is 0.328. The zero-order chi connectivity index (χ0) is 24.7. The molecule has 0 aromatic heterocycles. The number of hydrogen-bond donors (Lipinski definition) is 1. The zero-order valence-corrected chi connectivity index (χ0v) is 22.9. The summed E-state index contributed by atoms with van der Waals surface area (Å²) in [6.07, 6.45) is 6.51. The normalized spacial score (nSPS) is 19.6. The first-order valence-electron chi connectivity index (χ1n) is 11.4. The molecule has 180 valence electrons. The van der Waals surface area contributed by atoms with E-state index in [0.717, 1.165) is 11.1 Å². The summed E-state index contributed by atoms with van der Waals surface area (Å²) in [5.41, 5.74) is 2.03. The summed E-state index contributed by atoms with van der Waals surface area (Å²) < 4.78 is 26.4. The van der Waals surface area contributed by atoms with Gasteiger partial charge in [-0.15, -0.1) is 11.8 Å². The maximum Gasteiger partial charge on any atom is 0.234 e. The van der Waals surface area contributed by atoms with Crippen LogP contribution in [0, 0.1) is 17.2 Å². The van der Waals surface area contributed by atoms with Crippen LogP contribution in [0.5, 0.6) is 0 Å². The first-order valence-corrected chi connectivity index (χ1v) is 17.6. The summed E-state index contributed by atoms with van der Waals surface area (Å²) in [5, 5.41) is 11.0. The summed E-state index contributed by atoms with van der Waals surface area (Å²) in [7, 11) is -5.13. The minimum Gasteiger partial charge on any atom is -0.342 e. The van der Waals surface area contributed by atoms with E-state index in [1.54, 1.807) is 6.08 Å². The van der Waals surface area contributed by atoms with Crippen LogP contribution in [-0.2, 0) is 14.6 Å². The number of rotatable bonds is 11. The van der Waals surface area contributed by atoms with E-state index in [2.05, 4.69) is 25.0 Å². The molecule has 0 aliphatic heterocycles. The zero-order valence-electron chi connectivity index (χ0n) is 20.3. The third-order valence-corrected chi connectivity index (χ3v) is 12.2. The lowest BCUT2D eigenvalue weighted by molar-refractivity contribution is -0.120. The maximum absolute atomic E-state index is 13.8. The van der Waals surface area contributed by atoms with Gasteiger partial charge in [0.25, 0.3) is 0 Å². The second kappa shape index (κ2) is 11.5. The van der Waals surface area contributed by atoms with Gasteiger partial charge < -0.3 is 5.32 Å². The molecular weight excluding hydrogens is 469 g/mol. The number of nitrogens with zero attached hydrogens (tertiary/aromatic N) is 1. The van der Waals surface area contributed by atoms with Gasteiger partial charge in [0.1, 0.15) is 10.6 Å². The topological polar surface area (TPSA) is 87.0 Å². The van der Waals surface area contributed by atoms with Crippen LogP contribution in [-0.4, -0.2) is 44.0 Å². The number of benzene rings is 1. The van der Waals surface area contributed by atoms with Crippen molar-refractivity contribution in [2.75, 3.05) is 12.3 Å². The number of nitrogens with one attached hydrogen (secondary N) is 1. The molecule has 0 bridgehead atoms. The van der Waals surface area contributed by atoms with Crippen molar-refractivity contribution in [3.05, 3.63) is 54.1 Å². The molecule has 1 N–H and O–H groups in total. The Bertz CT molecular complexity index is 1020. The number of amides is 1. The van der Waals surface area contributed by atoms with Gasteiger partial charge in [0.15, 0.2) is 9.84 Å². The second-order valence-corrected chi connectivity index (χ2v) is 19.9. The highest BCUT2D eigenvalue weighted by Crippen LogP contribution is 2.45. The molecule has 33 heavy (non-hydrogen) atoms. The molecule has 8 heteroatoms. The molecule has 0 saturated heterocycles. The standard InChI is InChI=1S/C25H36N2O3S2Si/c1-20(2)19-23(24(28)27-16-15-26)31-25(32(29,30)17-18-33(3,4)5)13-11-22(12-14-25)21-9-7-6-8-10-21/h6-13,20,23H,14,16-19H2,1-5H3,(H,27,28). The Morgan fingerprint density at radius 1 is 1.24 bits per heavy atom. The highest BCUT2D eigenvalue weighted by Gasteiger charge is 2.46. The van der Waals surface area contributed by atoms with E-state index in [-0.39, 0.29) is 24.1 Å². The monoisotopic (exact) mass is 504 g/mol. The van der Waals surface area contributed by atoms with Crippen LogP contribution in [0.4, 0.5) is 0 Å². The highest BCUT2D eigenvalue weighted by atomic mass is 32.3. The van der Waals surface area contributed by atoms with Gasteiger partial charge in [-0.05, 0) is 35.9 Å². The molecule has 1 amide bonds. The maximum atomic E-state index is 13.8. The van der Waals surface area contributed by atoms with Crippen LogP contribution in [0.15, 0.2) is 48.6 Å². The third kappa shape index (κ3) is 7.87. The van der Waals surface area contributed by atoms with Crippen molar-refractivity contribution in [1.82, 2.24) is 5.32 Å². The molecule has 1 aliphatic carbocycles. The SMILES string of the molecule is CC(C)CC(SC1(S(=O)(=O)CC[Si](C)(C)C)C=CC(c2ccccc2)=CC1)C(=O)NCC#N. The molecule has 0 spiro atoms. The number of carbonyl (C=O) groups is 1. The Morgan fingerprint density at radius 3 is 2.42 bits per heavy atom. The molecule has 2 rings (SSSR count). The summed E-state index contributed by atoms with van der Waals surface area (Å²) in [5.74, 6) is 0.0457. The van der Waals surface area contributed by atoms with E-state index in [0.29, 0.717) is 18.9 Å².